The van der Waals surface area contributed by atoms with Crippen LogP contribution in [-0.4, -0.2) is 22.1 Å². The Labute approximate surface area is 93.8 Å². The Hall–Kier alpha value is -1.88. The molecule has 0 aliphatic heterocycles. The van der Waals surface area contributed by atoms with Crippen LogP contribution in [0.15, 0.2) is 24.3 Å². The summed E-state index contributed by atoms with van der Waals surface area (Å²) in [5, 5.41) is 8.07. The molecule has 0 amide bonds. The third-order valence-electron chi connectivity index (χ3n) is 2.50. The lowest BCUT2D eigenvalue weighted by Gasteiger charge is -2.04. The minimum Gasteiger partial charge on any atom is -0.497 e. The van der Waals surface area contributed by atoms with E-state index in [1.165, 1.54) is 0 Å². The first-order valence-corrected chi connectivity index (χ1v) is 5.02. The summed E-state index contributed by atoms with van der Waals surface area (Å²) in [5.74, 6) is 0.820. The fraction of sp³-hybridized carbons (Fsp3) is 0.273. The van der Waals surface area contributed by atoms with Gasteiger partial charge in [-0.2, -0.15) is 0 Å². The van der Waals surface area contributed by atoms with Crippen molar-refractivity contribution < 1.29 is 4.74 Å². The van der Waals surface area contributed by atoms with E-state index in [9.17, 15) is 0 Å². The summed E-state index contributed by atoms with van der Waals surface area (Å²) in [6.07, 6.45) is 0. The molecule has 84 valence electrons. The number of ether oxygens (including phenoxy) is 1. The van der Waals surface area contributed by atoms with Crippen molar-refractivity contribution in [1.82, 2.24) is 15.0 Å². The van der Waals surface area contributed by atoms with Crippen molar-refractivity contribution in [2.45, 2.75) is 13.5 Å². The van der Waals surface area contributed by atoms with E-state index >= 15 is 0 Å². The fourth-order valence-corrected chi connectivity index (χ4v) is 1.52. The van der Waals surface area contributed by atoms with E-state index in [2.05, 4.69) is 10.3 Å². The van der Waals surface area contributed by atoms with Gasteiger partial charge in [-0.1, -0.05) is 5.21 Å². The fourth-order valence-electron chi connectivity index (χ4n) is 1.52. The predicted molar refractivity (Wildman–Crippen MR) is 60.5 cm³/mol. The number of nitrogens with zero attached hydrogens (tertiary/aromatic N) is 3. The van der Waals surface area contributed by atoms with Crippen molar-refractivity contribution in [3.63, 3.8) is 0 Å². The van der Waals surface area contributed by atoms with E-state index in [-0.39, 0.29) is 0 Å². The van der Waals surface area contributed by atoms with Gasteiger partial charge in [0.15, 0.2) is 0 Å². The lowest BCUT2D eigenvalue weighted by molar-refractivity contribution is 0.414. The van der Waals surface area contributed by atoms with Crippen molar-refractivity contribution in [3.8, 4) is 11.4 Å². The van der Waals surface area contributed by atoms with Gasteiger partial charge in [-0.05, 0) is 31.2 Å². The SMILES string of the molecule is COc1ccc(-n2nnc(CN)c2C)cc1. The van der Waals surface area contributed by atoms with Crippen molar-refractivity contribution in [2.75, 3.05) is 7.11 Å². The molecule has 5 nitrogen and oxygen atoms in total. The second-order valence-electron chi connectivity index (χ2n) is 3.44. The highest BCUT2D eigenvalue weighted by Crippen LogP contribution is 2.16. The maximum atomic E-state index is 5.55. The molecule has 0 saturated heterocycles. The Morgan fingerprint density at radius 2 is 2.00 bits per heavy atom. The Morgan fingerprint density at radius 1 is 1.31 bits per heavy atom. The molecule has 1 aromatic heterocycles. The van der Waals surface area contributed by atoms with Gasteiger partial charge in [0.2, 0.25) is 0 Å². The summed E-state index contributed by atoms with van der Waals surface area (Å²) in [6, 6.07) is 7.64. The average molecular weight is 218 g/mol. The molecule has 0 fully saturated rings. The molecule has 5 heteroatoms. The molecule has 2 rings (SSSR count). The van der Waals surface area contributed by atoms with Crippen molar-refractivity contribution in [2.24, 2.45) is 5.73 Å². The first-order chi connectivity index (χ1) is 7.76. The molecular formula is C11H14N4O. The van der Waals surface area contributed by atoms with Gasteiger partial charge >= 0.3 is 0 Å². The lowest BCUT2D eigenvalue weighted by Crippen LogP contribution is -2.02. The second-order valence-corrected chi connectivity index (χ2v) is 3.44. The van der Waals surface area contributed by atoms with Gasteiger partial charge in [0.25, 0.3) is 0 Å². The Balaban J connectivity index is 2.38. The number of methoxy groups -OCH3 is 1. The summed E-state index contributed by atoms with van der Waals surface area (Å²) in [5.41, 5.74) is 8.28. The van der Waals surface area contributed by atoms with Crippen LogP contribution >= 0.6 is 0 Å². The van der Waals surface area contributed by atoms with Crippen LogP contribution < -0.4 is 10.5 Å². The molecule has 2 N–H and O–H groups in total. The molecule has 0 atom stereocenters. The molecular weight excluding hydrogens is 204 g/mol. The van der Waals surface area contributed by atoms with Gasteiger partial charge in [-0.3, -0.25) is 0 Å². The molecule has 0 radical (unpaired) electrons. The zero-order valence-electron chi connectivity index (χ0n) is 9.34. The van der Waals surface area contributed by atoms with Gasteiger partial charge in [0.05, 0.1) is 24.2 Å². The van der Waals surface area contributed by atoms with Crippen LogP contribution in [0.5, 0.6) is 5.75 Å². The smallest absolute Gasteiger partial charge is 0.119 e. The standard InChI is InChI=1S/C11H14N4O/c1-8-11(7-12)13-14-15(8)9-3-5-10(16-2)6-4-9/h3-6H,7,12H2,1-2H3. The van der Waals surface area contributed by atoms with Crippen LogP contribution in [0, 0.1) is 6.92 Å². The van der Waals surface area contributed by atoms with Crippen molar-refractivity contribution in [1.29, 1.82) is 0 Å². The molecule has 0 aliphatic rings. The topological polar surface area (TPSA) is 66.0 Å². The highest BCUT2D eigenvalue weighted by Gasteiger charge is 2.08. The summed E-state index contributed by atoms with van der Waals surface area (Å²) in [4.78, 5) is 0. The summed E-state index contributed by atoms with van der Waals surface area (Å²) in [7, 11) is 1.64. The van der Waals surface area contributed by atoms with E-state index in [0.29, 0.717) is 6.54 Å². The zero-order chi connectivity index (χ0) is 11.5. The Kier molecular flexibility index (Phi) is 2.87. The van der Waals surface area contributed by atoms with Crippen LogP contribution in [-0.2, 0) is 6.54 Å². The summed E-state index contributed by atoms with van der Waals surface area (Å²) < 4.78 is 6.86. The average Bonchev–Trinajstić information content (AvgIpc) is 2.70. The van der Waals surface area contributed by atoms with Crippen molar-refractivity contribution in [3.05, 3.63) is 35.7 Å². The van der Waals surface area contributed by atoms with Gasteiger partial charge in [0.1, 0.15) is 5.75 Å². The normalized spacial score (nSPS) is 10.4. The van der Waals surface area contributed by atoms with Crippen LogP contribution in [0.4, 0.5) is 0 Å². The third-order valence-corrected chi connectivity index (χ3v) is 2.50. The molecule has 0 spiro atoms. The van der Waals surface area contributed by atoms with Crippen LogP contribution in [0.25, 0.3) is 5.69 Å². The van der Waals surface area contributed by atoms with Crippen molar-refractivity contribution >= 4 is 0 Å². The van der Waals surface area contributed by atoms with Crippen LogP contribution in [0.1, 0.15) is 11.4 Å². The van der Waals surface area contributed by atoms with Crippen LogP contribution in [0.2, 0.25) is 0 Å². The first-order valence-electron chi connectivity index (χ1n) is 5.02. The van der Waals surface area contributed by atoms with Crippen LogP contribution in [0.3, 0.4) is 0 Å². The number of rotatable bonds is 3. The number of benzene rings is 1. The minimum absolute atomic E-state index is 0.405. The van der Waals surface area contributed by atoms with E-state index in [1.54, 1.807) is 11.8 Å². The largest absolute Gasteiger partial charge is 0.497 e. The van der Waals surface area contributed by atoms with Gasteiger partial charge in [0, 0.05) is 6.54 Å². The third kappa shape index (κ3) is 1.77. The van der Waals surface area contributed by atoms with Gasteiger partial charge in [-0.15, -0.1) is 5.10 Å². The highest BCUT2D eigenvalue weighted by molar-refractivity contribution is 5.38. The van der Waals surface area contributed by atoms with Gasteiger partial charge < -0.3 is 10.5 Å². The molecule has 16 heavy (non-hydrogen) atoms. The molecule has 0 bridgehead atoms. The zero-order valence-corrected chi connectivity index (χ0v) is 9.34. The number of aromatic nitrogens is 3. The van der Waals surface area contributed by atoms with Gasteiger partial charge in [-0.25, -0.2) is 4.68 Å². The molecule has 0 saturated carbocycles. The predicted octanol–water partition coefficient (Wildman–Crippen LogP) is 1.04. The highest BCUT2D eigenvalue weighted by atomic mass is 16.5. The van der Waals surface area contributed by atoms with E-state index in [0.717, 1.165) is 22.8 Å². The quantitative estimate of drug-likeness (QED) is 0.836. The lowest BCUT2D eigenvalue weighted by atomic mass is 10.3. The molecule has 0 aliphatic carbocycles. The number of nitrogens with two attached hydrogens (primary N) is 1. The van der Waals surface area contributed by atoms with E-state index in [4.69, 9.17) is 10.5 Å². The molecule has 1 heterocycles. The monoisotopic (exact) mass is 218 g/mol. The number of hydrogen-bond donors (Lipinski definition) is 1. The first kappa shape index (κ1) is 10.6. The maximum absolute atomic E-state index is 5.55. The summed E-state index contributed by atoms with van der Waals surface area (Å²) in [6.45, 7) is 2.36. The molecule has 2 aromatic rings. The van der Waals surface area contributed by atoms with E-state index < -0.39 is 0 Å². The minimum atomic E-state index is 0.405. The molecule has 1 aromatic carbocycles. The summed E-state index contributed by atoms with van der Waals surface area (Å²) >= 11 is 0. The second kappa shape index (κ2) is 4.32. The molecule has 0 unspecified atom stereocenters. The van der Waals surface area contributed by atoms with E-state index in [1.807, 2.05) is 31.2 Å². The Morgan fingerprint density at radius 3 is 2.50 bits per heavy atom. The maximum Gasteiger partial charge on any atom is 0.119 e. The Bertz CT molecular complexity index is 475. The number of hydrogen-bond acceptors (Lipinski definition) is 4.